The van der Waals surface area contributed by atoms with Crippen LogP contribution in [-0.4, -0.2) is 47.5 Å². The average molecular weight is 195 g/mol. The van der Waals surface area contributed by atoms with Gasteiger partial charge in [0.15, 0.2) is 0 Å². The smallest absolute Gasteiger partial charge is 0.147 e. The highest BCUT2D eigenvalue weighted by molar-refractivity contribution is 5.37. The van der Waals surface area contributed by atoms with Crippen molar-refractivity contribution in [3.05, 3.63) is 18.6 Å². The molecule has 1 aromatic rings. The van der Waals surface area contributed by atoms with E-state index in [1.54, 1.807) is 25.7 Å². The normalized spacial score (nSPS) is 26.9. The lowest BCUT2D eigenvalue weighted by molar-refractivity contribution is 0.0217. The number of aliphatic hydroxyl groups is 1. The maximum atomic E-state index is 9.61. The van der Waals surface area contributed by atoms with E-state index in [-0.39, 0.29) is 6.10 Å². The Morgan fingerprint density at radius 2 is 2.36 bits per heavy atom. The van der Waals surface area contributed by atoms with Crippen molar-refractivity contribution in [2.75, 3.05) is 25.1 Å². The van der Waals surface area contributed by atoms with Crippen LogP contribution in [0.5, 0.6) is 0 Å². The lowest BCUT2D eigenvalue weighted by atomic mass is 10.3. The lowest BCUT2D eigenvalue weighted by Gasteiger charge is -2.15. The van der Waals surface area contributed by atoms with Gasteiger partial charge < -0.3 is 14.7 Å². The predicted octanol–water partition coefficient (Wildman–Crippen LogP) is -0.328. The van der Waals surface area contributed by atoms with Gasteiger partial charge in [-0.2, -0.15) is 0 Å². The van der Waals surface area contributed by atoms with Gasteiger partial charge in [0.05, 0.1) is 12.3 Å². The van der Waals surface area contributed by atoms with E-state index >= 15 is 0 Å². The molecule has 0 aliphatic carbocycles. The van der Waals surface area contributed by atoms with Gasteiger partial charge in [0.25, 0.3) is 0 Å². The summed E-state index contributed by atoms with van der Waals surface area (Å²) in [7, 11) is 1.61. The maximum absolute atomic E-state index is 9.61. The zero-order valence-corrected chi connectivity index (χ0v) is 8.00. The maximum Gasteiger partial charge on any atom is 0.147 e. The molecule has 1 aliphatic heterocycles. The van der Waals surface area contributed by atoms with E-state index in [1.165, 1.54) is 0 Å². The van der Waals surface area contributed by atoms with Crippen molar-refractivity contribution in [1.29, 1.82) is 0 Å². The summed E-state index contributed by atoms with van der Waals surface area (Å²) < 4.78 is 5.14. The molecule has 0 radical (unpaired) electrons. The summed E-state index contributed by atoms with van der Waals surface area (Å²) in [6.45, 7) is 1.22. The zero-order chi connectivity index (χ0) is 9.97. The summed E-state index contributed by atoms with van der Waals surface area (Å²) in [5.41, 5.74) is 0. The van der Waals surface area contributed by atoms with Gasteiger partial charge >= 0.3 is 0 Å². The Kier molecular flexibility index (Phi) is 2.60. The molecule has 14 heavy (non-hydrogen) atoms. The first-order chi connectivity index (χ1) is 6.81. The molecule has 0 amide bonds. The molecule has 2 rings (SSSR count). The number of anilines is 1. The fourth-order valence-electron chi connectivity index (χ4n) is 1.63. The van der Waals surface area contributed by atoms with E-state index in [4.69, 9.17) is 4.74 Å². The van der Waals surface area contributed by atoms with Crippen molar-refractivity contribution in [2.45, 2.75) is 12.2 Å². The Morgan fingerprint density at radius 1 is 1.50 bits per heavy atom. The minimum Gasteiger partial charge on any atom is -0.388 e. The predicted molar refractivity (Wildman–Crippen MR) is 51.0 cm³/mol. The molecule has 1 aromatic heterocycles. The summed E-state index contributed by atoms with van der Waals surface area (Å²) in [6.07, 6.45) is 4.38. The molecule has 1 saturated heterocycles. The van der Waals surface area contributed by atoms with Crippen LogP contribution in [0.4, 0.5) is 5.82 Å². The van der Waals surface area contributed by atoms with Crippen molar-refractivity contribution in [1.82, 2.24) is 9.97 Å². The van der Waals surface area contributed by atoms with Crippen molar-refractivity contribution in [3.63, 3.8) is 0 Å². The quantitative estimate of drug-likeness (QED) is 0.700. The SMILES string of the molecule is CO[C@@H]1CN(c2cnccn2)C[C@H]1O. The van der Waals surface area contributed by atoms with E-state index in [2.05, 4.69) is 9.97 Å². The van der Waals surface area contributed by atoms with Gasteiger partial charge in [-0.1, -0.05) is 0 Å². The van der Waals surface area contributed by atoms with E-state index in [0.29, 0.717) is 13.1 Å². The molecule has 76 valence electrons. The Hall–Kier alpha value is -1.20. The highest BCUT2D eigenvalue weighted by Gasteiger charge is 2.31. The van der Waals surface area contributed by atoms with E-state index in [9.17, 15) is 5.11 Å². The number of aromatic nitrogens is 2. The first-order valence-corrected chi connectivity index (χ1v) is 4.53. The molecule has 1 fully saturated rings. The van der Waals surface area contributed by atoms with Crippen LogP contribution in [0.2, 0.25) is 0 Å². The molecule has 0 unspecified atom stereocenters. The third kappa shape index (κ3) is 1.69. The number of β-amino-alcohol motifs (C(OH)–C–C–N with tert-alkyl or cyclic N) is 1. The monoisotopic (exact) mass is 195 g/mol. The molecule has 0 spiro atoms. The van der Waals surface area contributed by atoms with Gasteiger partial charge in [-0.3, -0.25) is 4.98 Å². The van der Waals surface area contributed by atoms with Crippen LogP contribution >= 0.6 is 0 Å². The molecule has 0 saturated carbocycles. The highest BCUT2D eigenvalue weighted by Crippen LogP contribution is 2.18. The van der Waals surface area contributed by atoms with Gasteiger partial charge in [-0.05, 0) is 0 Å². The van der Waals surface area contributed by atoms with Gasteiger partial charge in [0.1, 0.15) is 11.9 Å². The second kappa shape index (κ2) is 3.89. The molecule has 0 bridgehead atoms. The Morgan fingerprint density at radius 3 is 2.93 bits per heavy atom. The Balaban J connectivity index is 2.09. The first kappa shape index (κ1) is 9.36. The lowest BCUT2D eigenvalue weighted by Crippen LogP contribution is -2.25. The van der Waals surface area contributed by atoms with Crippen LogP contribution in [0.1, 0.15) is 0 Å². The van der Waals surface area contributed by atoms with Crippen molar-refractivity contribution in [3.8, 4) is 0 Å². The Bertz CT molecular complexity index is 293. The summed E-state index contributed by atoms with van der Waals surface area (Å²) in [5.74, 6) is 0.783. The molecule has 0 aromatic carbocycles. The highest BCUT2D eigenvalue weighted by atomic mass is 16.5. The number of ether oxygens (including phenoxy) is 1. The van der Waals surface area contributed by atoms with Gasteiger partial charge in [-0.25, -0.2) is 4.98 Å². The van der Waals surface area contributed by atoms with E-state index < -0.39 is 6.10 Å². The summed E-state index contributed by atoms with van der Waals surface area (Å²) in [5, 5.41) is 9.61. The van der Waals surface area contributed by atoms with Gasteiger partial charge in [0, 0.05) is 32.6 Å². The molecular weight excluding hydrogens is 182 g/mol. The molecule has 1 N–H and O–H groups in total. The minimum absolute atomic E-state index is 0.128. The van der Waals surface area contributed by atoms with Crippen LogP contribution in [0.15, 0.2) is 18.6 Å². The van der Waals surface area contributed by atoms with Crippen LogP contribution in [-0.2, 0) is 4.74 Å². The van der Waals surface area contributed by atoms with Crippen LogP contribution in [0.25, 0.3) is 0 Å². The Labute approximate surface area is 82.4 Å². The molecule has 2 atom stereocenters. The fraction of sp³-hybridized carbons (Fsp3) is 0.556. The summed E-state index contributed by atoms with van der Waals surface area (Å²) in [4.78, 5) is 10.1. The second-order valence-electron chi connectivity index (χ2n) is 3.31. The molecule has 5 nitrogen and oxygen atoms in total. The number of rotatable bonds is 2. The average Bonchev–Trinajstić information content (AvgIpc) is 2.61. The number of hydrogen-bond donors (Lipinski definition) is 1. The zero-order valence-electron chi connectivity index (χ0n) is 8.00. The standard InChI is InChI=1S/C9H13N3O2/c1-14-8-6-12(5-7(8)13)9-4-10-2-3-11-9/h2-4,7-8,13H,5-6H2,1H3/t7-,8-/m1/s1. The third-order valence-electron chi connectivity index (χ3n) is 2.41. The fourth-order valence-corrected chi connectivity index (χ4v) is 1.63. The number of aliphatic hydroxyl groups excluding tert-OH is 1. The summed E-state index contributed by atoms with van der Waals surface area (Å²) in [6, 6.07) is 0. The number of nitrogens with zero attached hydrogens (tertiary/aromatic N) is 3. The van der Waals surface area contributed by atoms with Crippen LogP contribution < -0.4 is 4.90 Å². The van der Waals surface area contributed by atoms with E-state index in [0.717, 1.165) is 5.82 Å². The molecule has 1 aliphatic rings. The van der Waals surface area contributed by atoms with Gasteiger partial charge in [-0.15, -0.1) is 0 Å². The second-order valence-corrected chi connectivity index (χ2v) is 3.31. The van der Waals surface area contributed by atoms with E-state index in [1.807, 2.05) is 4.90 Å². The van der Waals surface area contributed by atoms with Crippen LogP contribution in [0, 0.1) is 0 Å². The van der Waals surface area contributed by atoms with Crippen molar-refractivity contribution >= 4 is 5.82 Å². The molecular formula is C9H13N3O2. The number of hydrogen-bond acceptors (Lipinski definition) is 5. The van der Waals surface area contributed by atoms with Crippen LogP contribution in [0.3, 0.4) is 0 Å². The largest absolute Gasteiger partial charge is 0.388 e. The minimum atomic E-state index is -0.443. The number of methoxy groups -OCH3 is 1. The first-order valence-electron chi connectivity index (χ1n) is 4.53. The topological polar surface area (TPSA) is 58.5 Å². The summed E-state index contributed by atoms with van der Waals surface area (Å²) >= 11 is 0. The van der Waals surface area contributed by atoms with Gasteiger partial charge in [0.2, 0.25) is 0 Å². The molecule has 5 heteroatoms. The van der Waals surface area contributed by atoms with Crippen molar-refractivity contribution < 1.29 is 9.84 Å². The van der Waals surface area contributed by atoms with Crippen molar-refractivity contribution in [2.24, 2.45) is 0 Å². The third-order valence-corrected chi connectivity index (χ3v) is 2.41. The molecule has 2 heterocycles.